The van der Waals surface area contributed by atoms with Gasteiger partial charge in [-0.1, -0.05) is 11.8 Å². The van der Waals surface area contributed by atoms with Gasteiger partial charge in [-0.2, -0.15) is 4.98 Å². The van der Waals surface area contributed by atoms with Crippen LogP contribution in [0.1, 0.15) is 18.3 Å². The maximum Gasteiger partial charge on any atom is 0.253 e. The fourth-order valence-corrected chi connectivity index (χ4v) is 3.28. The van der Waals surface area contributed by atoms with Crippen molar-refractivity contribution in [2.24, 2.45) is 0 Å². The minimum Gasteiger partial charge on any atom is -0.378 e. The standard InChI is InChI=1S/C14H19N5O2S/c1-9-8-10(2)19-13(15-9)16-14(17-19)22-11(3)12(20)18-4-6-21-7-5-18/h8,11H,4-7H2,1-3H3. The molecule has 1 unspecified atom stereocenters. The molecule has 1 aliphatic heterocycles. The molecule has 0 saturated carbocycles. The first-order valence-corrected chi connectivity index (χ1v) is 8.17. The van der Waals surface area contributed by atoms with E-state index in [0.29, 0.717) is 37.2 Å². The van der Waals surface area contributed by atoms with Crippen molar-refractivity contribution < 1.29 is 9.53 Å². The SMILES string of the molecule is Cc1cc(C)n2nc(SC(C)C(=O)N3CCOCC3)nc2n1. The summed E-state index contributed by atoms with van der Waals surface area (Å²) in [5, 5.41) is 4.79. The summed E-state index contributed by atoms with van der Waals surface area (Å²) in [6.07, 6.45) is 0. The molecule has 2 aromatic heterocycles. The van der Waals surface area contributed by atoms with E-state index in [0.717, 1.165) is 11.4 Å². The highest BCUT2D eigenvalue weighted by Gasteiger charge is 2.24. The number of fused-ring (bicyclic) bond motifs is 1. The number of morpholine rings is 1. The number of ether oxygens (including phenoxy) is 1. The third-order valence-corrected chi connectivity index (χ3v) is 4.49. The summed E-state index contributed by atoms with van der Waals surface area (Å²) in [4.78, 5) is 23.0. The molecule has 0 aliphatic carbocycles. The minimum absolute atomic E-state index is 0.105. The quantitative estimate of drug-likeness (QED) is 0.788. The predicted molar refractivity (Wildman–Crippen MR) is 83.0 cm³/mol. The summed E-state index contributed by atoms with van der Waals surface area (Å²) in [6, 6.07) is 1.96. The number of aryl methyl sites for hydroxylation is 2. The zero-order valence-corrected chi connectivity index (χ0v) is 13.8. The third kappa shape index (κ3) is 3.07. The summed E-state index contributed by atoms with van der Waals surface area (Å²) in [5.41, 5.74) is 1.89. The summed E-state index contributed by atoms with van der Waals surface area (Å²) in [7, 11) is 0. The topological polar surface area (TPSA) is 72.6 Å². The van der Waals surface area contributed by atoms with Gasteiger partial charge in [0.1, 0.15) is 0 Å². The van der Waals surface area contributed by atoms with Gasteiger partial charge in [-0.15, -0.1) is 5.10 Å². The van der Waals surface area contributed by atoms with Crippen LogP contribution in [-0.4, -0.2) is 61.9 Å². The van der Waals surface area contributed by atoms with Crippen LogP contribution in [0.15, 0.2) is 11.2 Å². The van der Waals surface area contributed by atoms with Crippen LogP contribution in [-0.2, 0) is 9.53 Å². The molecule has 0 spiro atoms. The molecular formula is C14H19N5O2S. The molecule has 118 valence electrons. The average molecular weight is 321 g/mol. The van der Waals surface area contributed by atoms with Gasteiger partial charge in [0.15, 0.2) is 0 Å². The Hall–Kier alpha value is -1.67. The van der Waals surface area contributed by atoms with Gasteiger partial charge in [-0.3, -0.25) is 4.79 Å². The highest BCUT2D eigenvalue weighted by Crippen LogP contribution is 2.22. The van der Waals surface area contributed by atoms with E-state index in [4.69, 9.17) is 4.74 Å². The van der Waals surface area contributed by atoms with Gasteiger partial charge in [-0.05, 0) is 26.8 Å². The van der Waals surface area contributed by atoms with Gasteiger partial charge in [0.25, 0.3) is 5.78 Å². The number of aromatic nitrogens is 4. The Kier molecular flexibility index (Phi) is 4.30. The van der Waals surface area contributed by atoms with Gasteiger partial charge in [0, 0.05) is 24.5 Å². The smallest absolute Gasteiger partial charge is 0.253 e. The lowest BCUT2D eigenvalue weighted by Crippen LogP contribution is -2.44. The molecule has 1 saturated heterocycles. The van der Waals surface area contributed by atoms with Crippen LogP contribution < -0.4 is 0 Å². The van der Waals surface area contributed by atoms with Gasteiger partial charge in [-0.25, -0.2) is 9.50 Å². The van der Waals surface area contributed by atoms with Crippen LogP contribution in [0, 0.1) is 13.8 Å². The van der Waals surface area contributed by atoms with E-state index in [1.165, 1.54) is 11.8 Å². The largest absolute Gasteiger partial charge is 0.378 e. The molecule has 0 bridgehead atoms. The molecule has 3 rings (SSSR count). The van der Waals surface area contributed by atoms with Crippen molar-refractivity contribution in [3.05, 3.63) is 17.5 Å². The normalized spacial score (nSPS) is 17.0. The van der Waals surface area contributed by atoms with E-state index < -0.39 is 0 Å². The first-order chi connectivity index (χ1) is 10.5. The second kappa shape index (κ2) is 6.21. The van der Waals surface area contributed by atoms with E-state index in [2.05, 4.69) is 15.1 Å². The molecule has 0 aromatic carbocycles. The Morgan fingerprint density at radius 1 is 1.32 bits per heavy atom. The molecule has 2 aromatic rings. The Labute approximate surface area is 133 Å². The summed E-state index contributed by atoms with van der Waals surface area (Å²) in [6.45, 7) is 8.31. The van der Waals surface area contributed by atoms with Gasteiger partial charge >= 0.3 is 0 Å². The molecule has 1 aliphatic rings. The highest BCUT2D eigenvalue weighted by atomic mass is 32.2. The van der Waals surface area contributed by atoms with Crippen LogP contribution >= 0.6 is 11.8 Å². The maximum atomic E-state index is 12.4. The highest BCUT2D eigenvalue weighted by molar-refractivity contribution is 8.00. The van der Waals surface area contributed by atoms with E-state index >= 15 is 0 Å². The fourth-order valence-electron chi connectivity index (χ4n) is 2.45. The molecule has 1 atom stereocenters. The van der Waals surface area contributed by atoms with Gasteiger partial charge in [0.2, 0.25) is 11.1 Å². The summed E-state index contributed by atoms with van der Waals surface area (Å²) < 4.78 is 6.98. The van der Waals surface area contributed by atoms with Crippen molar-refractivity contribution in [2.75, 3.05) is 26.3 Å². The van der Waals surface area contributed by atoms with Crippen molar-refractivity contribution >= 4 is 23.4 Å². The van der Waals surface area contributed by atoms with Crippen LogP contribution in [0.3, 0.4) is 0 Å². The van der Waals surface area contributed by atoms with Crippen molar-refractivity contribution in [1.82, 2.24) is 24.5 Å². The fraction of sp³-hybridized carbons (Fsp3) is 0.571. The average Bonchev–Trinajstić information content (AvgIpc) is 2.90. The van der Waals surface area contributed by atoms with E-state index in [-0.39, 0.29) is 11.2 Å². The Balaban J connectivity index is 1.74. The Morgan fingerprint density at radius 2 is 2.05 bits per heavy atom. The number of hydrogen-bond acceptors (Lipinski definition) is 6. The molecule has 8 heteroatoms. The molecular weight excluding hydrogens is 302 g/mol. The monoisotopic (exact) mass is 321 g/mol. The van der Waals surface area contributed by atoms with Crippen molar-refractivity contribution in [3.63, 3.8) is 0 Å². The molecule has 3 heterocycles. The number of rotatable bonds is 3. The summed E-state index contributed by atoms with van der Waals surface area (Å²) >= 11 is 1.37. The van der Waals surface area contributed by atoms with Crippen LogP contribution in [0.2, 0.25) is 0 Å². The summed E-state index contributed by atoms with van der Waals surface area (Å²) in [5.74, 6) is 0.680. The number of carbonyl (C=O) groups excluding carboxylic acids is 1. The lowest BCUT2D eigenvalue weighted by molar-refractivity contribution is -0.134. The van der Waals surface area contributed by atoms with Crippen LogP contribution in [0.4, 0.5) is 0 Å². The molecule has 7 nitrogen and oxygen atoms in total. The predicted octanol–water partition coefficient (Wildman–Crippen LogP) is 1.08. The van der Waals surface area contributed by atoms with Crippen LogP contribution in [0.5, 0.6) is 0 Å². The Morgan fingerprint density at radius 3 is 2.77 bits per heavy atom. The number of thioether (sulfide) groups is 1. The van der Waals surface area contributed by atoms with E-state index in [1.807, 2.05) is 31.7 Å². The molecule has 1 fully saturated rings. The lowest BCUT2D eigenvalue weighted by atomic mass is 10.3. The Bertz CT molecular complexity index is 696. The second-order valence-electron chi connectivity index (χ2n) is 5.34. The zero-order valence-electron chi connectivity index (χ0n) is 12.9. The third-order valence-electron chi connectivity index (χ3n) is 3.55. The number of carbonyl (C=O) groups is 1. The van der Waals surface area contributed by atoms with Gasteiger partial charge in [0.05, 0.1) is 18.5 Å². The van der Waals surface area contributed by atoms with E-state index in [9.17, 15) is 4.79 Å². The van der Waals surface area contributed by atoms with Gasteiger partial charge < -0.3 is 9.64 Å². The molecule has 22 heavy (non-hydrogen) atoms. The van der Waals surface area contributed by atoms with Crippen LogP contribution in [0.25, 0.3) is 5.78 Å². The van der Waals surface area contributed by atoms with Crippen molar-refractivity contribution in [2.45, 2.75) is 31.2 Å². The molecule has 0 N–H and O–H groups in total. The number of nitrogens with zero attached hydrogens (tertiary/aromatic N) is 5. The maximum absolute atomic E-state index is 12.4. The first kappa shape index (κ1) is 15.2. The molecule has 1 amide bonds. The number of amides is 1. The minimum atomic E-state index is -0.225. The molecule has 0 radical (unpaired) electrons. The van der Waals surface area contributed by atoms with Crippen molar-refractivity contribution in [1.29, 1.82) is 0 Å². The first-order valence-electron chi connectivity index (χ1n) is 7.29. The van der Waals surface area contributed by atoms with Crippen molar-refractivity contribution in [3.8, 4) is 0 Å². The second-order valence-corrected chi connectivity index (χ2v) is 6.65. The zero-order chi connectivity index (χ0) is 15.7. The van der Waals surface area contributed by atoms with E-state index in [1.54, 1.807) is 4.52 Å². The number of hydrogen-bond donors (Lipinski definition) is 0. The lowest BCUT2D eigenvalue weighted by Gasteiger charge is -2.28.